The van der Waals surface area contributed by atoms with Crippen molar-refractivity contribution in [2.24, 2.45) is 5.73 Å². The second-order valence-corrected chi connectivity index (χ2v) is 6.23. The van der Waals surface area contributed by atoms with Gasteiger partial charge in [-0.2, -0.15) is 0 Å². The Bertz CT molecular complexity index is 471. The molecule has 4 N–H and O–H groups in total. The molecule has 0 aliphatic rings. The highest BCUT2D eigenvalue weighted by atomic mass is 32.1. The Balaban J connectivity index is 3.09. The molecule has 0 spiro atoms. The number of ether oxygens (including phenoxy) is 1. The van der Waals surface area contributed by atoms with Gasteiger partial charge in [0.05, 0.1) is 6.10 Å². The Morgan fingerprint density at radius 2 is 1.90 bits per heavy atom. The molecule has 0 atom stereocenters. The second kappa shape index (κ2) is 6.81. The fraction of sp³-hybridized carbons (Fsp3) is 0.615. The number of primary amides is 1. The molecule has 1 heterocycles. The highest BCUT2D eigenvalue weighted by Gasteiger charge is 2.23. The van der Waals surface area contributed by atoms with Gasteiger partial charge < -0.3 is 26.0 Å². The first kappa shape index (κ1) is 16.6. The molecule has 1 aromatic heterocycles. The normalized spacial score (nSPS) is 11.2. The number of carbonyl (C=O) groups excluding carboxylic acids is 1. The first-order valence-electron chi connectivity index (χ1n) is 6.48. The molecule has 0 radical (unpaired) electrons. The molecule has 6 nitrogen and oxygen atoms in total. The molecule has 0 aromatic carbocycles. The molecule has 0 unspecified atom stereocenters. The highest BCUT2D eigenvalue weighted by Crippen LogP contribution is 2.44. The molecule has 0 saturated heterocycles. The number of hydrogen-bond donors (Lipinski definition) is 2. The Kier molecular flexibility index (Phi) is 5.64. The summed E-state index contributed by atoms with van der Waals surface area (Å²) in [7, 11) is 5.97. The number of rotatable bonds is 7. The van der Waals surface area contributed by atoms with E-state index in [9.17, 15) is 4.79 Å². The van der Waals surface area contributed by atoms with Gasteiger partial charge in [-0.15, -0.1) is 11.3 Å². The molecule has 1 amide bonds. The maximum Gasteiger partial charge on any atom is 0.261 e. The summed E-state index contributed by atoms with van der Waals surface area (Å²) in [5.41, 5.74) is 11.7. The van der Waals surface area contributed by atoms with Gasteiger partial charge in [0.25, 0.3) is 5.91 Å². The molecule has 0 aliphatic heterocycles. The minimum Gasteiger partial charge on any atom is -0.486 e. The van der Waals surface area contributed by atoms with E-state index in [4.69, 9.17) is 16.2 Å². The van der Waals surface area contributed by atoms with E-state index in [0.29, 0.717) is 16.3 Å². The van der Waals surface area contributed by atoms with Crippen molar-refractivity contribution in [2.75, 3.05) is 44.9 Å². The lowest BCUT2D eigenvalue weighted by atomic mass is 10.3. The van der Waals surface area contributed by atoms with E-state index < -0.39 is 5.91 Å². The van der Waals surface area contributed by atoms with E-state index in [-0.39, 0.29) is 6.10 Å². The van der Waals surface area contributed by atoms with Crippen LogP contribution in [-0.4, -0.2) is 51.1 Å². The van der Waals surface area contributed by atoms with E-state index in [0.717, 1.165) is 18.1 Å². The lowest BCUT2D eigenvalue weighted by molar-refractivity contribution is 0.100. The maximum atomic E-state index is 11.4. The molecule has 114 valence electrons. The van der Waals surface area contributed by atoms with Gasteiger partial charge in [0.2, 0.25) is 0 Å². The van der Waals surface area contributed by atoms with Gasteiger partial charge >= 0.3 is 0 Å². The van der Waals surface area contributed by atoms with Crippen LogP contribution in [-0.2, 0) is 0 Å². The number of carbonyl (C=O) groups is 1. The minimum atomic E-state index is -0.520. The van der Waals surface area contributed by atoms with Gasteiger partial charge in [-0.05, 0) is 27.9 Å². The Morgan fingerprint density at radius 1 is 1.30 bits per heavy atom. The van der Waals surface area contributed by atoms with Gasteiger partial charge in [-0.3, -0.25) is 4.79 Å². The summed E-state index contributed by atoms with van der Waals surface area (Å²) in [5, 5.41) is 0.840. The largest absolute Gasteiger partial charge is 0.486 e. The first-order chi connectivity index (χ1) is 9.23. The number of thiophene rings is 1. The second-order valence-electron chi connectivity index (χ2n) is 5.23. The average Bonchev–Trinajstić information content (AvgIpc) is 2.64. The van der Waals surface area contributed by atoms with Gasteiger partial charge in [0, 0.05) is 20.1 Å². The first-order valence-corrected chi connectivity index (χ1v) is 7.30. The van der Waals surface area contributed by atoms with E-state index >= 15 is 0 Å². The van der Waals surface area contributed by atoms with Crippen molar-refractivity contribution in [3.8, 4) is 5.75 Å². The standard InChI is InChI=1S/C13H24N4O2S/c1-8(2)19-10-9(14)11(12(15)18)20-13(10)17(5)7-6-16(3)4/h8H,6-7,14H2,1-5H3,(H2,15,18). The van der Waals surface area contributed by atoms with Gasteiger partial charge in [0.15, 0.2) is 5.75 Å². The molecule has 0 saturated carbocycles. The van der Waals surface area contributed by atoms with E-state index in [1.54, 1.807) is 0 Å². The molecule has 1 aromatic rings. The van der Waals surface area contributed by atoms with Crippen molar-refractivity contribution in [3.63, 3.8) is 0 Å². The highest BCUT2D eigenvalue weighted by molar-refractivity contribution is 7.19. The van der Waals surface area contributed by atoms with E-state index in [2.05, 4.69) is 4.90 Å². The van der Waals surface area contributed by atoms with Gasteiger partial charge in [-0.1, -0.05) is 0 Å². The number of nitrogens with two attached hydrogens (primary N) is 2. The lowest BCUT2D eigenvalue weighted by Crippen LogP contribution is -2.28. The van der Waals surface area contributed by atoms with Crippen LogP contribution in [0.2, 0.25) is 0 Å². The maximum absolute atomic E-state index is 11.4. The smallest absolute Gasteiger partial charge is 0.261 e. The quantitative estimate of drug-likeness (QED) is 0.791. The zero-order valence-electron chi connectivity index (χ0n) is 12.8. The van der Waals surface area contributed by atoms with Crippen molar-refractivity contribution >= 4 is 27.9 Å². The molecular formula is C13H24N4O2S. The van der Waals surface area contributed by atoms with Crippen LogP contribution in [0.15, 0.2) is 0 Å². The van der Waals surface area contributed by atoms with Crippen LogP contribution >= 0.6 is 11.3 Å². The third-order valence-corrected chi connectivity index (χ3v) is 4.00. The summed E-state index contributed by atoms with van der Waals surface area (Å²) in [4.78, 5) is 15.9. The molecule has 7 heteroatoms. The topological polar surface area (TPSA) is 84.8 Å². The zero-order valence-corrected chi connectivity index (χ0v) is 13.6. The Hall–Kier alpha value is -1.47. The SMILES string of the molecule is CC(C)Oc1c(N(C)CCN(C)C)sc(C(N)=O)c1N. The van der Waals surface area contributed by atoms with Crippen molar-refractivity contribution in [1.29, 1.82) is 0 Å². The van der Waals surface area contributed by atoms with Crippen LogP contribution < -0.4 is 21.1 Å². The summed E-state index contributed by atoms with van der Waals surface area (Å²) in [6, 6.07) is 0. The van der Waals surface area contributed by atoms with Crippen molar-refractivity contribution < 1.29 is 9.53 Å². The van der Waals surface area contributed by atoms with Crippen LogP contribution in [0.3, 0.4) is 0 Å². The summed E-state index contributed by atoms with van der Waals surface area (Å²) < 4.78 is 5.76. The molecular weight excluding hydrogens is 276 g/mol. The molecule has 0 aliphatic carbocycles. The van der Waals surface area contributed by atoms with Crippen LogP contribution in [0.1, 0.15) is 23.5 Å². The van der Waals surface area contributed by atoms with Gasteiger partial charge in [-0.25, -0.2) is 0 Å². The zero-order chi connectivity index (χ0) is 15.4. The van der Waals surface area contributed by atoms with Crippen LogP contribution in [0, 0.1) is 0 Å². The molecule has 0 fully saturated rings. The van der Waals surface area contributed by atoms with Crippen molar-refractivity contribution in [2.45, 2.75) is 20.0 Å². The third kappa shape index (κ3) is 4.01. The molecule has 0 bridgehead atoms. The number of anilines is 2. The summed E-state index contributed by atoms with van der Waals surface area (Å²) in [6.45, 7) is 5.54. The van der Waals surface area contributed by atoms with Crippen LogP contribution in [0.25, 0.3) is 0 Å². The number of hydrogen-bond acceptors (Lipinski definition) is 6. The predicted molar refractivity (Wildman–Crippen MR) is 84.8 cm³/mol. The van der Waals surface area contributed by atoms with Crippen LogP contribution in [0.5, 0.6) is 5.75 Å². The fourth-order valence-electron chi connectivity index (χ4n) is 1.65. The predicted octanol–water partition coefficient (Wildman–Crippen LogP) is 1.21. The number of likely N-dealkylation sites (N-methyl/N-ethyl adjacent to an activating group) is 2. The number of amides is 1. The number of nitrogen functional groups attached to an aromatic ring is 1. The van der Waals surface area contributed by atoms with Crippen LogP contribution in [0.4, 0.5) is 10.7 Å². The van der Waals surface area contributed by atoms with E-state index in [1.807, 2.05) is 39.9 Å². The summed E-state index contributed by atoms with van der Waals surface area (Å²) >= 11 is 1.28. The monoisotopic (exact) mass is 300 g/mol. The van der Waals surface area contributed by atoms with E-state index in [1.165, 1.54) is 11.3 Å². The fourth-order valence-corrected chi connectivity index (χ4v) is 2.65. The lowest BCUT2D eigenvalue weighted by Gasteiger charge is -2.22. The Morgan fingerprint density at radius 3 is 2.35 bits per heavy atom. The van der Waals surface area contributed by atoms with Crippen molar-refractivity contribution in [1.82, 2.24) is 4.90 Å². The van der Waals surface area contributed by atoms with Crippen molar-refractivity contribution in [3.05, 3.63) is 4.88 Å². The third-order valence-electron chi connectivity index (χ3n) is 2.69. The van der Waals surface area contributed by atoms with Gasteiger partial charge in [0.1, 0.15) is 15.6 Å². The minimum absolute atomic E-state index is 0.0198. The summed E-state index contributed by atoms with van der Waals surface area (Å²) in [5.74, 6) is 0.0356. The number of nitrogens with zero attached hydrogens (tertiary/aromatic N) is 2. The average molecular weight is 300 g/mol. The molecule has 1 rings (SSSR count). The molecule has 20 heavy (non-hydrogen) atoms. The Labute approximate surface area is 124 Å². The summed E-state index contributed by atoms with van der Waals surface area (Å²) in [6.07, 6.45) is -0.0198.